The third kappa shape index (κ3) is 4.38. The molecule has 5 nitrogen and oxygen atoms in total. The van der Waals surface area contributed by atoms with Gasteiger partial charge in [-0.1, -0.05) is 12.1 Å². The number of benzene rings is 1. The Morgan fingerprint density at radius 1 is 1.09 bits per heavy atom. The van der Waals surface area contributed by atoms with Gasteiger partial charge >= 0.3 is 6.03 Å². The lowest BCUT2D eigenvalue weighted by Gasteiger charge is -2.27. The van der Waals surface area contributed by atoms with Gasteiger partial charge in [-0.15, -0.1) is 0 Å². The van der Waals surface area contributed by atoms with E-state index in [0.717, 1.165) is 63.1 Å². The number of ether oxygens (including phenoxy) is 1. The average molecular weight is 321 g/mol. The smallest absolute Gasteiger partial charge is 0.321 e. The van der Waals surface area contributed by atoms with Crippen molar-refractivity contribution in [2.75, 3.05) is 56.2 Å². The maximum atomic E-state index is 12.2. The van der Waals surface area contributed by atoms with Crippen molar-refractivity contribution < 1.29 is 9.53 Å². The molecule has 2 aliphatic rings. The van der Waals surface area contributed by atoms with E-state index < -0.39 is 0 Å². The molecule has 120 valence electrons. The third-order valence-electron chi connectivity index (χ3n) is 4.01. The molecule has 0 unspecified atom stereocenters. The van der Waals surface area contributed by atoms with Gasteiger partial charge in [-0.05, 0) is 17.7 Å². The number of rotatable bonds is 3. The van der Waals surface area contributed by atoms with Crippen molar-refractivity contribution in [3.63, 3.8) is 0 Å². The SMILES string of the molecule is O=C(Nc1ccc(CN2CCOCC2)cc1)N1CCSCC1. The standard InChI is InChI=1S/C16H23N3O2S/c20-16(19-7-11-22-12-8-19)17-15-3-1-14(2-4-15)13-18-5-9-21-10-6-18/h1-4H,5-13H2,(H,17,20). The summed E-state index contributed by atoms with van der Waals surface area (Å²) in [5.74, 6) is 2.07. The van der Waals surface area contributed by atoms with Gasteiger partial charge in [0, 0.05) is 49.9 Å². The Hall–Kier alpha value is -1.24. The number of amides is 2. The Balaban J connectivity index is 1.51. The van der Waals surface area contributed by atoms with E-state index in [2.05, 4.69) is 22.3 Å². The van der Waals surface area contributed by atoms with E-state index in [1.54, 1.807) is 0 Å². The van der Waals surface area contributed by atoms with E-state index in [0.29, 0.717) is 0 Å². The van der Waals surface area contributed by atoms with Gasteiger partial charge in [0.15, 0.2) is 0 Å². The number of nitrogens with zero attached hydrogens (tertiary/aromatic N) is 2. The highest BCUT2D eigenvalue weighted by Crippen LogP contribution is 2.15. The van der Waals surface area contributed by atoms with Crippen LogP contribution in [0.15, 0.2) is 24.3 Å². The number of carbonyl (C=O) groups excluding carboxylic acids is 1. The Bertz CT molecular complexity index is 483. The van der Waals surface area contributed by atoms with Crippen LogP contribution in [0, 0.1) is 0 Å². The maximum Gasteiger partial charge on any atom is 0.321 e. The van der Waals surface area contributed by atoms with E-state index in [1.165, 1.54) is 5.56 Å². The number of nitrogens with one attached hydrogen (secondary N) is 1. The minimum atomic E-state index is 0.0150. The van der Waals surface area contributed by atoms with Crippen LogP contribution < -0.4 is 5.32 Å². The third-order valence-corrected chi connectivity index (χ3v) is 4.96. The molecule has 2 amide bonds. The topological polar surface area (TPSA) is 44.8 Å². The Morgan fingerprint density at radius 2 is 1.77 bits per heavy atom. The fourth-order valence-corrected chi connectivity index (χ4v) is 3.58. The number of morpholine rings is 1. The van der Waals surface area contributed by atoms with E-state index in [4.69, 9.17) is 4.74 Å². The molecule has 6 heteroatoms. The highest BCUT2D eigenvalue weighted by atomic mass is 32.2. The van der Waals surface area contributed by atoms with E-state index >= 15 is 0 Å². The first-order valence-corrected chi connectivity index (χ1v) is 8.99. The maximum absolute atomic E-state index is 12.2. The quantitative estimate of drug-likeness (QED) is 0.926. The van der Waals surface area contributed by atoms with Crippen molar-refractivity contribution in [1.29, 1.82) is 0 Å². The van der Waals surface area contributed by atoms with Crippen LogP contribution in [0.25, 0.3) is 0 Å². The van der Waals surface area contributed by atoms with E-state index in [-0.39, 0.29) is 6.03 Å². The molecular formula is C16H23N3O2S. The van der Waals surface area contributed by atoms with Crippen molar-refractivity contribution in [3.8, 4) is 0 Å². The van der Waals surface area contributed by atoms with Crippen LogP contribution in [0.5, 0.6) is 0 Å². The van der Waals surface area contributed by atoms with Crippen LogP contribution in [0.4, 0.5) is 10.5 Å². The first-order valence-electron chi connectivity index (χ1n) is 7.84. The van der Waals surface area contributed by atoms with Crippen molar-refractivity contribution in [3.05, 3.63) is 29.8 Å². The van der Waals surface area contributed by atoms with Gasteiger partial charge in [-0.3, -0.25) is 4.90 Å². The van der Waals surface area contributed by atoms with Crippen molar-refractivity contribution >= 4 is 23.5 Å². The molecule has 0 radical (unpaired) electrons. The van der Waals surface area contributed by atoms with Gasteiger partial charge in [0.25, 0.3) is 0 Å². The second kappa shape index (κ2) is 7.85. The largest absolute Gasteiger partial charge is 0.379 e. The summed E-state index contributed by atoms with van der Waals surface area (Å²) >= 11 is 1.91. The minimum absolute atomic E-state index is 0.0150. The summed E-state index contributed by atoms with van der Waals surface area (Å²) in [5.41, 5.74) is 2.14. The monoisotopic (exact) mass is 321 g/mol. The second-order valence-electron chi connectivity index (χ2n) is 5.62. The van der Waals surface area contributed by atoms with E-state index in [9.17, 15) is 4.79 Å². The highest BCUT2D eigenvalue weighted by molar-refractivity contribution is 7.99. The van der Waals surface area contributed by atoms with Gasteiger partial charge in [-0.2, -0.15) is 11.8 Å². The Labute approximate surface area is 136 Å². The summed E-state index contributed by atoms with van der Waals surface area (Å²) in [5, 5.41) is 2.99. The molecule has 2 heterocycles. The van der Waals surface area contributed by atoms with Crippen molar-refractivity contribution in [1.82, 2.24) is 9.80 Å². The van der Waals surface area contributed by atoms with Crippen LogP contribution in [0.1, 0.15) is 5.56 Å². The van der Waals surface area contributed by atoms with Crippen LogP contribution >= 0.6 is 11.8 Å². The van der Waals surface area contributed by atoms with Crippen LogP contribution in [0.2, 0.25) is 0 Å². The lowest BCUT2D eigenvalue weighted by atomic mass is 10.2. The zero-order valence-electron chi connectivity index (χ0n) is 12.8. The molecule has 0 bridgehead atoms. The lowest BCUT2D eigenvalue weighted by molar-refractivity contribution is 0.0342. The molecule has 0 spiro atoms. The van der Waals surface area contributed by atoms with Gasteiger partial charge < -0.3 is 15.0 Å². The zero-order valence-corrected chi connectivity index (χ0v) is 13.6. The first kappa shape index (κ1) is 15.6. The molecule has 1 aromatic carbocycles. The number of carbonyl (C=O) groups is 1. The van der Waals surface area contributed by atoms with Crippen LogP contribution in [0.3, 0.4) is 0 Å². The molecular weight excluding hydrogens is 298 g/mol. The van der Waals surface area contributed by atoms with Crippen LogP contribution in [-0.4, -0.2) is 66.7 Å². The number of anilines is 1. The summed E-state index contributed by atoms with van der Waals surface area (Å²) < 4.78 is 5.36. The molecule has 2 fully saturated rings. The first-order chi connectivity index (χ1) is 10.8. The van der Waals surface area contributed by atoms with Gasteiger partial charge in [0.2, 0.25) is 0 Å². The number of urea groups is 1. The predicted molar refractivity (Wildman–Crippen MR) is 90.5 cm³/mol. The minimum Gasteiger partial charge on any atom is -0.379 e. The molecule has 2 saturated heterocycles. The molecule has 2 aliphatic heterocycles. The molecule has 22 heavy (non-hydrogen) atoms. The zero-order chi connectivity index (χ0) is 15.2. The molecule has 0 atom stereocenters. The predicted octanol–water partition coefficient (Wildman–Crippen LogP) is 2.10. The van der Waals surface area contributed by atoms with Crippen molar-refractivity contribution in [2.45, 2.75) is 6.54 Å². The molecule has 3 rings (SSSR count). The van der Waals surface area contributed by atoms with Crippen molar-refractivity contribution in [2.24, 2.45) is 0 Å². The number of thioether (sulfide) groups is 1. The number of hydrogen-bond donors (Lipinski definition) is 1. The summed E-state index contributed by atoms with van der Waals surface area (Å²) in [4.78, 5) is 16.4. The van der Waals surface area contributed by atoms with Crippen LogP contribution in [-0.2, 0) is 11.3 Å². The summed E-state index contributed by atoms with van der Waals surface area (Å²) in [6, 6.07) is 8.19. The van der Waals surface area contributed by atoms with Gasteiger partial charge in [0.05, 0.1) is 13.2 Å². The molecule has 1 aromatic rings. The molecule has 1 N–H and O–H groups in total. The van der Waals surface area contributed by atoms with E-state index in [1.807, 2.05) is 28.8 Å². The fraction of sp³-hybridized carbons (Fsp3) is 0.562. The van der Waals surface area contributed by atoms with Gasteiger partial charge in [0.1, 0.15) is 0 Å². The molecule has 0 saturated carbocycles. The Morgan fingerprint density at radius 3 is 2.45 bits per heavy atom. The lowest BCUT2D eigenvalue weighted by Crippen LogP contribution is -2.40. The number of hydrogen-bond acceptors (Lipinski definition) is 4. The van der Waals surface area contributed by atoms with Gasteiger partial charge in [-0.25, -0.2) is 4.79 Å². The summed E-state index contributed by atoms with van der Waals surface area (Å²) in [6.07, 6.45) is 0. The molecule has 0 aliphatic carbocycles. The summed E-state index contributed by atoms with van der Waals surface area (Å²) in [7, 11) is 0. The molecule has 0 aromatic heterocycles. The Kier molecular flexibility index (Phi) is 5.58. The second-order valence-corrected chi connectivity index (χ2v) is 6.84. The summed E-state index contributed by atoms with van der Waals surface area (Å²) in [6.45, 7) is 6.25. The average Bonchev–Trinajstić information content (AvgIpc) is 2.58. The highest BCUT2D eigenvalue weighted by Gasteiger charge is 2.16. The fourth-order valence-electron chi connectivity index (χ4n) is 2.68. The normalized spacial score (nSPS) is 19.9.